The molecule has 1 aromatic carbocycles. The van der Waals surface area contributed by atoms with Crippen LogP contribution >= 0.6 is 11.6 Å². The molecule has 1 saturated heterocycles. The summed E-state index contributed by atoms with van der Waals surface area (Å²) in [6.07, 6.45) is 2.29. The molecule has 0 unspecified atom stereocenters. The molecule has 2 aromatic rings. The van der Waals surface area contributed by atoms with Crippen molar-refractivity contribution in [2.75, 3.05) is 42.9 Å². The molecule has 0 spiro atoms. The van der Waals surface area contributed by atoms with Crippen molar-refractivity contribution in [3.63, 3.8) is 0 Å². The number of halogens is 1. The maximum atomic E-state index is 12.4. The molecule has 5 nitrogen and oxygen atoms in total. The Morgan fingerprint density at radius 1 is 1.20 bits per heavy atom. The summed E-state index contributed by atoms with van der Waals surface area (Å²) in [4.78, 5) is 20.9. The number of nitrogens with zero attached hydrogens (tertiary/aromatic N) is 3. The number of nitrogens with one attached hydrogen (secondary N) is 1. The van der Waals surface area contributed by atoms with Crippen LogP contribution < -0.4 is 10.2 Å². The molecule has 0 aliphatic carbocycles. The van der Waals surface area contributed by atoms with E-state index in [0.717, 1.165) is 48.3 Å². The Bertz CT molecular complexity index is 715. The Kier molecular flexibility index (Phi) is 5.76. The minimum absolute atomic E-state index is 0.194. The van der Waals surface area contributed by atoms with Gasteiger partial charge in [0.2, 0.25) is 5.91 Å². The quantitative estimate of drug-likeness (QED) is 0.891. The van der Waals surface area contributed by atoms with Crippen LogP contribution in [0.5, 0.6) is 0 Å². The fourth-order valence-electron chi connectivity index (χ4n) is 3.01. The first-order chi connectivity index (χ1) is 12.1. The van der Waals surface area contributed by atoms with Crippen molar-refractivity contribution in [2.45, 2.75) is 13.3 Å². The zero-order valence-electron chi connectivity index (χ0n) is 14.4. The highest BCUT2D eigenvalue weighted by molar-refractivity contribution is 6.30. The molecule has 1 aliphatic rings. The highest BCUT2D eigenvalue weighted by Gasteiger charge is 2.21. The van der Waals surface area contributed by atoms with E-state index in [-0.39, 0.29) is 5.91 Å². The summed E-state index contributed by atoms with van der Waals surface area (Å²) in [5.74, 6) is 1.18. The van der Waals surface area contributed by atoms with Crippen molar-refractivity contribution >= 4 is 29.0 Å². The number of carbonyl (C=O) groups excluding carboxylic acids is 1. The zero-order valence-corrected chi connectivity index (χ0v) is 15.2. The number of piperazine rings is 1. The summed E-state index contributed by atoms with van der Waals surface area (Å²) in [6, 6.07) is 11.6. The van der Waals surface area contributed by atoms with Crippen molar-refractivity contribution in [3.05, 3.63) is 53.2 Å². The number of amides is 1. The van der Waals surface area contributed by atoms with Gasteiger partial charge in [0.25, 0.3) is 0 Å². The van der Waals surface area contributed by atoms with E-state index in [0.29, 0.717) is 13.0 Å². The molecule has 6 heteroatoms. The SMILES string of the molecule is Cc1cc(Cl)ccc1NCCC(=O)N1CCN(c2ccccn2)CC1. The number of hydrogen-bond acceptors (Lipinski definition) is 4. The molecular formula is C19H23ClN4O. The van der Waals surface area contributed by atoms with Crippen LogP contribution in [0.15, 0.2) is 42.6 Å². The minimum atomic E-state index is 0.194. The second-order valence-corrected chi connectivity index (χ2v) is 6.63. The molecule has 3 rings (SSSR count). The summed E-state index contributed by atoms with van der Waals surface area (Å²) < 4.78 is 0. The second kappa shape index (κ2) is 8.21. The lowest BCUT2D eigenvalue weighted by Gasteiger charge is -2.35. The zero-order chi connectivity index (χ0) is 17.6. The smallest absolute Gasteiger partial charge is 0.224 e. The van der Waals surface area contributed by atoms with E-state index >= 15 is 0 Å². The predicted molar refractivity (Wildman–Crippen MR) is 102 cm³/mol. The Labute approximate surface area is 153 Å². The van der Waals surface area contributed by atoms with Crippen LogP contribution in [0.25, 0.3) is 0 Å². The number of rotatable bonds is 5. The molecule has 2 heterocycles. The summed E-state index contributed by atoms with van der Waals surface area (Å²) in [6.45, 7) is 5.78. The van der Waals surface area contributed by atoms with E-state index in [4.69, 9.17) is 11.6 Å². The second-order valence-electron chi connectivity index (χ2n) is 6.19. The number of hydrogen-bond donors (Lipinski definition) is 1. The molecule has 132 valence electrons. The first-order valence-electron chi connectivity index (χ1n) is 8.57. The van der Waals surface area contributed by atoms with Crippen LogP contribution in [0, 0.1) is 6.92 Å². The van der Waals surface area contributed by atoms with Gasteiger partial charge >= 0.3 is 0 Å². The highest BCUT2D eigenvalue weighted by atomic mass is 35.5. The van der Waals surface area contributed by atoms with E-state index in [1.807, 2.05) is 48.2 Å². The topological polar surface area (TPSA) is 48.5 Å². The molecule has 0 bridgehead atoms. The van der Waals surface area contributed by atoms with Crippen molar-refractivity contribution < 1.29 is 4.79 Å². The lowest BCUT2D eigenvalue weighted by Crippen LogP contribution is -2.49. The predicted octanol–water partition coefficient (Wildman–Crippen LogP) is 3.19. The minimum Gasteiger partial charge on any atom is -0.384 e. The van der Waals surface area contributed by atoms with E-state index in [9.17, 15) is 4.79 Å². The average molecular weight is 359 g/mol. The van der Waals surface area contributed by atoms with Crippen molar-refractivity contribution in [1.82, 2.24) is 9.88 Å². The third-order valence-corrected chi connectivity index (χ3v) is 4.68. The number of carbonyl (C=O) groups is 1. The van der Waals surface area contributed by atoms with Crippen LogP contribution in [0.3, 0.4) is 0 Å². The molecule has 0 atom stereocenters. The monoisotopic (exact) mass is 358 g/mol. The molecular weight excluding hydrogens is 336 g/mol. The Morgan fingerprint density at radius 2 is 2.00 bits per heavy atom. The van der Waals surface area contributed by atoms with Crippen molar-refractivity contribution in [1.29, 1.82) is 0 Å². The van der Waals surface area contributed by atoms with Gasteiger partial charge in [-0.25, -0.2) is 4.98 Å². The van der Waals surface area contributed by atoms with Gasteiger partial charge in [-0.3, -0.25) is 4.79 Å². The summed E-state index contributed by atoms with van der Waals surface area (Å²) in [5, 5.41) is 4.04. The summed E-state index contributed by atoms with van der Waals surface area (Å²) in [7, 11) is 0. The van der Waals surface area contributed by atoms with Gasteiger partial charge in [0.15, 0.2) is 0 Å². The average Bonchev–Trinajstić information content (AvgIpc) is 2.64. The van der Waals surface area contributed by atoms with Crippen LogP contribution in [-0.2, 0) is 4.79 Å². The molecule has 1 amide bonds. The van der Waals surface area contributed by atoms with E-state index in [2.05, 4.69) is 15.2 Å². The lowest BCUT2D eigenvalue weighted by atomic mass is 10.2. The Morgan fingerprint density at radius 3 is 2.68 bits per heavy atom. The summed E-state index contributed by atoms with van der Waals surface area (Å²) in [5.41, 5.74) is 2.11. The van der Waals surface area contributed by atoms with Crippen LogP contribution in [0.2, 0.25) is 5.02 Å². The third kappa shape index (κ3) is 4.63. The largest absolute Gasteiger partial charge is 0.384 e. The number of anilines is 2. The van der Waals surface area contributed by atoms with Gasteiger partial charge in [0.05, 0.1) is 0 Å². The van der Waals surface area contributed by atoms with E-state index in [1.165, 1.54) is 0 Å². The number of benzene rings is 1. The molecule has 25 heavy (non-hydrogen) atoms. The number of pyridine rings is 1. The fourth-order valence-corrected chi connectivity index (χ4v) is 3.24. The van der Waals surface area contributed by atoms with Gasteiger partial charge in [-0.2, -0.15) is 0 Å². The molecule has 1 aliphatic heterocycles. The van der Waals surface area contributed by atoms with Gasteiger partial charge in [-0.15, -0.1) is 0 Å². The van der Waals surface area contributed by atoms with Gasteiger partial charge in [0.1, 0.15) is 5.82 Å². The first kappa shape index (κ1) is 17.5. The van der Waals surface area contributed by atoms with Crippen LogP contribution in [0.1, 0.15) is 12.0 Å². The van der Waals surface area contributed by atoms with E-state index < -0.39 is 0 Å². The molecule has 0 saturated carbocycles. The van der Waals surface area contributed by atoms with Gasteiger partial charge in [-0.05, 0) is 42.8 Å². The molecule has 1 fully saturated rings. The molecule has 1 aromatic heterocycles. The van der Waals surface area contributed by atoms with Gasteiger partial charge < -0.3 is 15.1 Å². The van der Waals surface area contributed by atoms with E-state index in [1.54, 1.807) is 6.20 Å². The van der Waals surface area contributed by atoms with Crippen molar-refractivity contribution in [2.24, 2.45) is 0 Å². The van der Waals surface area contributed by atoms with Gasteiger partial charge in [-0.1, -0.05) is 17.7 Å². The maximum Gasteiger partial charge on any atom is 0.224 e. The fraction of sp³-hybridized carbons (Fsp3) is 0.368. The standard InChI is InChI=1S/C19H23ClN4O/c1-15-14-16(20)5-6-17(15)21-9-7-19(25)24-12-10-23(11-13-24)18-4-2-3-8-22-18/h2-6,8,14,21H,7,9-13H2,1H3. The lowest BCUT2D eigenvalue weighted by molar-refractivity contribution is -0.131. The third-order valence-electron chi connectivity index (χ3n) is 4.45. The normalized spacial score (nSPS) is 14.5. The van der Waals surface area contributed by atoms with Crippen molar-refractivity contribution in [3.8, 4) is 0 Å². The van der Waals surface area contributed by atoms with Crippen LogP contribution in [0.4, 0.5) is 11.5 Å². The molecule has 1 N–H and O–H groups in total. The van der Waals surface area contributed by atoms with Gasteiger partial charge in [0, 0.05) is 56.1 Å². The summed E-state index contributed by atoms with van der Waals surface area (Å²) >= 11 is 5.96. The number of aryl methyl sites for hydroxylation is 1. The van der Waals surface area contributed by atoms with Crippen LogP contribution in [-0.4, -0.2) is 48.5 Å². The first-order valence-corrected chi connectivity index (χ1v) is 8.95. The highest BCUT2D eigenvalue weighted by Crippen LogP contribution is 2.19. The Balaban J connectivity index is 1.43. The maximum absolute atomic E-state index is 12.4. The number of aromatic nitrogens is 1. The molecule has 0 radical (unpaired) electrons. The Hall–Kier alpha value is -2.27.